The molecule has 6 heteroatoms. The molecule has 0 aromatic carbocycles. The number of carboxylic acids is 1. The van der Waals surface area contributed by atoms with E-state index in [2.05, 4.69) is 5.32 Å². The predicted molar refractivity (Wildman–Crippen MR) is 51.9 cm³/mol. The molecule has 2 unspecified atom stereocenters. The molecule has 0 aromatic heterocycles. The van der Waals surface area contributed by atoms with Gasteiger partial charge in [0.05, 0.1) is 11.5 Å². The van der Waals surface area contributed by atoms with Crippen molar-refractivity contribution in [3.05, 3.63) is 0 Å². The van der Waals surface area contributed by atoms with Crippen LogP contribution in [0.4, 0.5) is 0 Å². The summed E-state index contributed by atoms with van der Waals surface area (Å²) in [4.78, 5) is 10.5. The van der Waals surface area contributed by atoms with Gasteiger partial charge in [0, 0.05) is 0 Å². The van der Waals surface area contributed by atoms with Crippen LogP contribution in [0.3, 0.4) is 0 Å². The first-order valence-corrected chi connectivity index (χ1v) is 6.39. The lowest BCUT2D eigenvalue weighted by Crippen LogP contribution is -2.37. The molecular formula is C8H15NO4S. The van der Waals surface area contributed by atoms with Crippen molar-refractivity contribution < 1.29 is 18.3 Å². The molecule has 1 fully saturated rings. The maximum absolute atomic E-state index is 11.1. The second-order valence-corrected chi connectivity index (χ2v) is 5.97. The third-order valence-electron chi connectivity index (χ3n) is 2.41. The standard InChI is InChI=1S/C8H15NO4S/c1-6(8(10)11)9-4-7-2-3-14(12,13)5-7/h6-7,9H,2-5H2,1H3,(H,10,11). The van der Waals surface area contributed by atoms with Crippen LogP contribution in [0.25, 0.3) is 0 Å². The molecule has 0 aliphatic carbocycles. The smallest absolute Gasteiger partial charge is 0.320 e. The van der Waals surface area contributed by atoms with Crippen molar-refractivity contribution >= 4 is 15.8 Å². The summed E-state index contributed by atoms with van der Waals surface area (Å²) in [5.74, 6) is -0.416. The van der Waals surface area contributed by atoms with Crippen molar-refractivity contribution in [1.29, 1.82) is 0 Å². The fourth-order valence-corrected chi connectivity index (χ4v) is 3.33. The quantitative estimate of drug-likeness (QED) is 0.667. The molecule has 0 amide bonds. The Morgan fingerprint density at radius 1 is 1.64 bits per heavy atom. The zero-order valence-electron chi connectivity index (χ0n) is 8.06. The number of nitrogens with one attached hydrogen (secondary N) is 1. The fraction of sp³-hybridized carbons (Fsp3) is 0.875. The third-order valence-corrected chi connectivity index (χ3v) is 4.25. The van der Waals surface area contributed by atoms with Gasteiger partial charge in [0.25, 0.3) is 0 Å². The third kappa shape index (κ3) is 3.26. The van der Waals surface area contributed by atoms with E-state index in [0.717, 1.165) is 0 Å². The van der Waals surface area contributed by atoms with Crippen molar-refractivity contribution in [3.8, 4) is 0 Å². The number of sulfone groups is 1. The Balaban J connectivity index is 2.31. The van der Waals surface area contributed by atoms with E-state index in [0.29, 0.717) is 13.0 Å². The molecule has 0 aromatic rings. The van der Waals surface area contributed by atoms with E-state index in [1.54, 1.807) is 6.92 Å². The van der Waals surface area contributed by atoms with Crippen molar-refractivity contribution in [3.63, 3.8) is 0 Å². The fourth-order valence-electron chi connectivity index (χ4n) is 1.46. The van der Waals surface area contributed by atoms with Gasteiger partial charge < -0.3 is 10.4 Å². The molecule has 5 nitrogen and oxygen atoms in total. The lowest BCUT2D eigenvalue weighted by Gasteiger charge is -2.12. The molecule has 0 spiro atoms. The molecule has 1 aliphatic rings. The Hall–Kier alpha value is -0.620. The van der Waals surface area contributed by atoms with Gasteiger partial charge in [0.2, 0.25) is 0 Å². The first-order chi connectivity index (χ1) is 6.41. The molecule has 0 bridgehead atoms. The zero-order valence-corrected chi connectivity index (χ0v) is 8.88. The highest BCUT2D eigenvalue weighted by atomic mass is 32.2. The van der Waals surface area contributed by atoms with Gasteiger partial charge in [0.1, 0.15) is 6.04 Å². The van der Waals surface area contributed by atoms with Crippen LogP contribution in [0, 0.1) is 5.92 Å². The summed E-state index contributed by atoms with van der Waals surface area (Å²) in [6, 6.07) is -0.613. The summed E-state index contributed by atoms with van der Waals surface area (Å²) in [7, 11) is -2.85. The Morgan fingerprint density at radius 2 is 2.29 bits per heavy atom. The molecular weight excluding hydrogens is 206 g/mol. The van der Waals surface area contributed by atoms with Crippen LogP contribution < -0.4 is 5.32 Å². The van der Waals surface area contributed by atoms with Gasteiger partial charge in [-0.2, -0.15) is 0 Å². The minimum Gasteiger partial charge on any atom is -0.480 e. The van der Waals surface area contributed by atoms with E-state index in [1.807, 2.05) is 0 Å². The summed E-state index contributed by atoms with van der Waals surface area (Å²) in [5, 5.41) is 11.4. The summed E-state index contributed by atoms with van der Waals surface area (Å²) in [5.41, 5.74) is 0. The molecule has 1 saturated heterocycles. The average molecular weight is 221 g/mol. The van der Waals surface area contributed by atoms with E-state index in [9.17, 15) is 13.2 Å². The number of hydrogen-bond donors (Lipinski definition) is 2. The van der Waals surface area contributed by atoms with Crippen LogP contribution in [-0.4, -0.2) is 43.6 Å². The summed E-state index contributed by atoms with van der Waals surface area (Å²) in [6.45, 7) is 2.01. The Bertz CT molecular complexity index is 311. The highest BCUT2D eigenvalue weighted by Gasteiger charge is 2.28. The maximum atomic E-state index is 11.1. The second kappa shape index (κ2) is 4.27. The van der Waals surface area contributed by atoms with Gasteiger partial charge >= 0.3 is 5.97 Å². The van der Waals surface area contributed by atoms with Gasteiger partial charge in [-0.15, -0.1) is 0 Å². The molecule has 0 radical (unpaired) electrons. The Labute approximate surface area is 83.4 Å². The van der Waals surface area contributed by atoms with Crippen LogP contribution >= 0.6 is 0 Å². The molecule has 0 saturated carbocycles. The van der Waals surface area contributed by atoms with Crippen LogP contribution in [0.2, 0.25) is 0 Å². The first kappa shape index (κ1) is 11.5. The molecule has 82 valence electrons. The van der Waals surface area contributed by atoms with Crippen LogP contribution in [0.1, 0.15) is 13.3 Å². The highest BCUT2D eigenvalue weighted by Crippen LogP contribution is 2.17. The van der Waals surface area contributed by atoms with E-state index in [4.69, 9.17) is 5.11 Å². The van der Waals surface area contributed by atoms with Crippen molar-refractivity contribution in [2.45, 2.75) is 19.4 Å². The number of hydrogen-bond acceptors (Lipinski definition) is 4. The summed E-state index contributed by atoms with van der Waals surface area (Å²) < 4.78 is 22.2. The monoisotopic (exact) mass is 221 g/mol. The van der Waals surface area contributed by atoms with E-state index in [1.165, 1.54) is 0 Å². The zero-order chi connectivity index (χ0) is 10.8. The summed E-state index contributed by atoms with van der Waals surface area (Å²) in [6.07, 6.45) is 0.641. The number of carboxylic acid groups (broad SMARTS) is 1. The van der Waals surface area contributed by atoms with E-state index >= 15 is 0 Å². The minimum absolute atomic E-state index is 0.0711. The van der Waals surface area contributed by atoms with Gasteiger partial charge in [-0.25, -0.2) is 8.42 Å². The molecule has 1 aliphatic heterocycles. The highest BCUT2D eigenvalue weighted by molar-refractivity contribution is 7.91. The van der Waals surface area contributed by atoms with E-state index < -0.39 is 21.8 Å². The second-order valence-electron chi connectivity index (χ2n) is 3.74. The van der Waals surface area contributed by atoms with Crippen molar-refractivity contribution in [2.24, 2.45) is 5.92 Å². The molecule has 1 rings (SSSR count). The Morgan fingerprint density at radius 3 is 2.71 bits per heavy atom. The van der Waals surface area contributed by atoms with E-state index in [-0.39, 0.29) is 17.4 Å². The van der Waals surface area contributed by atoms with Crippen molar-refractivity contribution in [2.75, 3.05) is 18.1 Å². The van der Waals surface area contributed by atoms with Crippen LogP contribution in [0.5, 0.6) is 0 Å². The van der Waals surface area contributed by atoms with Crippen LogP contribution in [0.15, 0.2) is 0 Å². The molecule has 2 atom stereocenters. The number of aliphatic carboxylic acids is 1. The lowest BCUT2D eigenvalue weighted by molar-refractivity contribution is -0.139. The predicted octanol–water partition coefficient (Wildman–Crippen LogP) is -0.516. The number of carbonyl (C=O) groups is 1. The van der Waals surface area contributed by atoms with Gasteiger partial charge in [-0.3, -0.25) is 4.79 Å². The van der Waals surface area contributed by atoms with Gasteiger partial charge in [-0.1, -0.05) is 0 Å². The van der Waals surface area contributed by atoms with Gasteiger partial charge in [-0.05, 0) is 25.8 Å². The van der Waals surface area contributed by atoms with Crippen molar-refractivity contribution in [1.82, 2.24) is 5.32 Å². The molecule has 14 heavy (non-hydrogen) atoms. The maximum Gasteiger partial charge on any atom is 0.320 e. The lowest BCUT2D eigenvalue weighted by atomic mass is 10.1. The Kier molecular flexibility index (Phi) is 3.49. The first-order valence-electron chi connectivity index (χ1n) is 4.57. The average Bonchev–Trinajstić information content (AvgIpc) is 2.41. The topological polar surface area (TPSA) is 83.5 Å². The SMILES string of the molecule is CC(NCC1CCS(=O)(=O)C1)C(=O)O. The summed E-state index contributed by atoms with van der Waals surface area (Å²) >= 11 is 0. The van der Waals surface area contributed by atoms with Crippen LogP contribution in [-0.2, 0) is 14.6 Å². The minimum atomic E-state index is -2.85. The molecule has 2 N–H and O–H groups in total. The number of rotatable bonds is 4. The largest absolute Gasteiger partial charge is 0.480 e. The molecule has 1 heterocycles. The van der Waals surface area contributed by atoms with Gasteiger partial charge in [0.15, 0.2) is 9.84 Å². The normalized spacial score (nSPS) is 27.4.